The lowest BCUT2D eigenvalue weighted by Crippen LogP contribution is -2.12. The van der Waals surface area contributed by atoms with Gasteiger partial charge >= 0.3 is 0 Å². The zero-order valence-corrected chi connectivity index (χ0v) is 15.4. The molecule has 0 fully saturated rings. The van der Waals surface area contributed by atoms with Gasteiger partial charge in [0, 0.05) is 18.0 Å². The topological polar surface area (TPSA) is 136 Å². The third-order valence-electron chi connectivity index (χ3n) is 4.30. The zero-order chi connectivity index (χ0) is 20.4. The van der Waals surface area contributed by atoms with Gasteiger partial charge in [0.1, 0.15) is 17.0 Å². The molecule has 0 saturated heterocycles. The van der Waals surface area contributed by atoms with E-state index in [0.717, 1.165) is 0 Å². The summed E-state index contributed by atoms with van der Waals surface area (Å²) >= 11 is 0. The Morgan fingerprint density at radius 3 is 3.03 bits per heavy atom. The van der Waals surface area contributed by atoms with Gasteiger partial charge in [0.15, 0.2) is 5.65 Å². The molecule has 0 atom stereocenters. The maximum Gasteiger partial charge on any atom is 0.261 e. The molecule has 3 N–H and O–H groups in total. The average Bonchev–Trinajstić information content (AvgIpc) is 3.37. The molecule has 0 bridgehead atoms. The molecule has 0 radical (unpaired) electrons. The van der Waals surface area contributed by atoms with E-state index in [2.05, 4.69) is 26.6 Å². The first-order chi connectivity index (χ1) is 14.1. The Bertz CT molecular complexity index is 1250. The van der Waals surface area contributed by atoms with Gasteiger partial charge in [-0.15, -0.1) is 0 Å². The number of rotatable bonds is 5. The van der Waals surface area contributed by atoms with Gasteiger partial charge in [-0.2, -0.15) is 15.5 Å². The Hall–Kier alpha value is -4.23. The lowest BCUT2D eigenvalue weighted by atomic mass is 10.1. The number of methoxy groups -OCH3 is 1. The summed E-state index contributed by atoms with van der Waals surface area (Å²) < 4.78 is 8.40. The number of hydrogen-bond donors (Lipinski definition) is 2. The number of anilines is 1. The fourth-order valence-corrected chi connectivity index (χ4v) is 2.94. The molecule has 3 heterocycles. The number of nitriles is 1. The summed E-state index contributed by atoms with van der Waals surface area (Å²) in [5, 5.41) is 20.6. The first kappa shape index (κ1) is 18.1. The third-order valence-corrected chi connectivity index (χ3v) is 4.30. The molecule has 4 aromatic rings. The number of amides is 1. The van der Waals surface area contributed by atoms with Crippen LogP contribution in [-0.2, 0) is 6.67 Å². The van der Waals surface area contributed by atoms with Crippen molar-refractivity contribution in [1.82, 2.24) is 24.4 Å². The molecule has 1 aromatic carbocycles. The van der Waals surface area contributed by atoms with Crippen molar-refractivity contribution in [3.8, 4) is 23.1 Å². The van der Waals surface area contributed by atoms with Crippen LogP contribution in [0, 0.1) is 11.3 Å². The Morgan fingerprint density at radius 2 is 2.28 bits per heavy atom. The highest BCUT2D eigenvalue weighted by Gasteiger charge is 2.20. The number of nitrogens with two attached hydrogens (primary N) is 1. The molecule has 0 aliphatic rings. The molecule has 144 valence electrons. The largest absolute Gasteiger partial charge is 0.496 e. The lowest BCUT2D eigenvalue weighted by Gasteiger charge is -2.09. The van der Waals surface area contributed by atoms with Crippen LogP contribution < -0.4 is 15.8 Å². The second-order valence-electron chi connectivity index (χ2n) is 6.04. The number of benzene rings is 1. The molecule has 1 amide bonds. The van der Waals surface area contributed by atoms with Crippen molar-refractivity contribution < 1.29 is 9.53 Å². The van der Waals surface area contributed by atoms with Gasteiger partial charge in [-0.3, -0.25) is 9.48 Å². The summed E-state index contributed by atoms with van der Waals surface area (Å²) in [5.41, 5.74) is 8.32. The number of hydrogen-bond acceptors (Lipinski definition) is 7. The highest BCUT2D eigenvalue weighted by molar-refractivity contribution is 6.09. The molecular formula is C19H16N8O2. The number of nitrogens with one attached hydrogen (secondary N) is 1. The van der Waals surface area contributed by atoms with Crippen molar-refractivity contribution in [2.75, 3.05) is 12.4 Å². The summed E-state index contributed by atoms with van der Waals surface area (Å²) in [5.74, 6) is 0.117. The molecule has 0 unspecified atom stereocenters. The molecule has 10 heteroatoms. The van der Waals surface area contributed by atoms with E-state index in [1.165, 1.54) is 22.5 Å². The van der Waals surface area contributed by atoms with Crippen LogP contribution in [0.2, 0.25) is 0 Å². The Morgan fingerprint density at radius 1 is 1.41 bits per heavy atom. The van der Waals surface area contributed by atoms with E-state index in [9.17, 15) is 10.1 Å². The van der Waals surface area contributed by atoms with E-state index in [0.29, 0.717) is 39.5 Å². The molecule has 0 aliphatic heterocycles. The van der Waals surface area contributed by atoms with Crippen LogP contribution in [0.4, 0.5) is 5.69 Å². The smallest absolute Gasteiger partial charge is 0.261 e. The minimum Gasteiger partial charge on any atom is -0.496 e. The predicted octanol–water partition coefficient (Wildman–Crippen LogP) is 1.64. The average molecular weight is 388 g/mol. The van der Waals surface area contributed by atoms with E-state index >= 15 is 0 Å². The number of carbonyl (C=O) groups excluding carboxylic acids is 1. The van der Waals surface area contributed by atoms with Crippen molar-refractivity contribution in [3.05, 3.63) is 60.2 Å². The minimum atomic E-state index is -0.396. The zero-order valence-electron chi connectivity index (χ0n) is 15.4. The first-order valence-corrected chi connectivity index (χ1v) is 8.60. The fourth-order valence-electron chi connectivity index (χ4n) is 2.94. The molecule has 0 spiro atoms. The summed E-state index contributed by atoms with van der Waals surface area (Å²) in [6, 6.07) is 8.78. The number of fused-ring (bicyclic) bond motifs is 1. The third kappa shape index (κ3) is 3.26. The van der Waals surface area contributed by atoms with Crippen molar-refractivity contribution in [1.29, 1.82) is 5.26 Å². The second-order valence-corrected chi connectivity index (χ2v) is 6.04. The first-order valence-electron chi connectivity index (χ1n) is 8.60. The van der Waals surface area contributed by atoms with Crippen LogP contribution >= 0.6 is 0 Å². The van der Waals surface area contributed by atoms with Crippen molar-refractivity contribution >= 4 is 17.2 Å². The summed E-state index contributed by atoms with van der Waals surface area (Å²) in [6.45, 7) is 0.112. The van der Waals surface area contributed by atoms with Gasteiger partial charge in [-0.05, 0) is 24.3 Å². The highest BCUT2D eigenvalue weighted by Crippen LogP contribution is 2.35. The maximum absolute atomic E-state index is 12.9. The number of ether oxygens (including phenoxy) is 1. The van der Waals surface area contributed by atoms with E-state index < -0.39 is 5.91 Å². The normalized spacial score (nSPS) is 10.7. The second kappa shape index (κ2) is 7.41. The van der Waals surface area contributed by atoms with E-state index in [1.807, 2.05) is 0 Å². The van der Waals surface area contributed by atoms with E-state index in [-0.39, 0.29) is 6.67 Å². The van der Waals surface area contributed by atoms with E-state index in [4.69, 9.17) is 10.5 Å². The van der Waals surface area contributed by atoms with Gasteiger partial charge in [0.2, 0.25) is 0 Å². The van der Waals surface area contributed by atoms with Crippen LogP contribution in [0.1, 0.15) is 15.9 Å². The molecule has 4 rings (SSSR count). The molecule has 0 saturated carbocycles. The van der Waals surface area contributed by atoms with Crippen molar-refractivity contribution in [2.24, 2.45) is 5.73 Å². The van der Waals surface area contributed by atoms with Crippen LogP contribution in [0.5, 0.6) is 5.75 Å². The van der Waals surface area contributed by atoms with Crippen LogP contribution in [-0.4, -0.2) is 37.4 Å². The quantitative estimate of drug-likeness (QED) is 0.530. The van der Waals surface area contributed by atoms with Gasteiger partial charge in [-0.25, -0.2) is 9.50 Å². The van der Waals surface area contributed by atoms with Crippen LogP contribution in [0.15, 0.2) is 49.1 Å². The van der Waals surface area contributed by atoms with E-state index in [1.54, 1.807) is 42.9 Å². The number of nitrogens with zero attached hydrogens (tertiary/aromatic N) is 6. The molecule has 29 heavy (non-hydrogen) atoms. The van der Waals surface area contributed by atoms with Gasteiger partial charge in [0.25, 0.3) is 5.91 Å². The Balaban J connectivity index is 1.77. The van der Waals surface area contributed by atoms with Crippen LogP contribution in [0.3, 0.4) is 0 Å². The molecule has 3 aromatic heterocycles. The maximum atomic E-state index is 12.9. The predicted molar refractivity (Wildman–Crippen MR) is 104 cm³/mol. The molecule has 0 aliphatic carbocycles. The van der Waals surface area contributed by atoms with Crippen LogP contribution in [0.25, 0.3) is 16.9 Å². The summed E-state index contributed by atoms with van der Waals surface area (Å²) in [6.07, 6.45) is 6.35. The Kier molecular flexibility index (Phi) is 4.64. The standard InChI is InChI=1S/C19H16N8O2/c1-29-16-4-3-12(8-20)7-13(16)17-15(10-26(11-21)25-17)24-19(28)14-9-23-27-6-2-5-22-18(14)27/h2-7,9-10H,11,21H2,1H3,(H,24,28). The lowest BCUT2D eigenvalue weighted by molar-refractivity contribution is 0.102. The van der Waals surface area contributed by atoms with Gasteiger partial charge in [0.05, 0.1) is 43.5 Å². The minimum absolute atomic E-state index is 0.112. The van der Waals surface area contributed by atoms with Gasteiger partial charge in [-0.1, -0.05) is 0 Å². The SMILES string of the molecule is COc1ccc(C#N)cc1-c1nn(CN)cc1NC(=O)c1cnn2cccnc12. The Labute approximate surface area is 165 Å². The number of aromatic nitrogens is 5. The van der Waals surface area contributed by atoms with Gasteiger partial charge < -0.3 is 15.8 Å². The summed E-state index contributed by atoms with van der Waals surface area (Å²) in [7, 11) is 1.52. The highest BCUT2D eigenvalue weighted by atomic mass is 16.5. The number of carbonyl (C=O) groups is 1. The summed E-state index contributed by atoms with van der Waals surface area (Å²) in [4.78, 5) is 17.1. The molecule has 10 nitrogen and oxygen atoms in total. The molecular weight excluding hydrogens is 372 g/mol. The fraction of sp³-hybridized carbons (Fsp3) is 0.105. The van der Waals surface area contributed by atoms with Crippen molar-refractivity contribution in [3.63, 3.8) is 0 Å². The monoisotopic (exact) mass is 388 g/mol. The van der Waals surface area contributed by atoms with Crippen molar-refractivity contribution in [2.45, 2.75) is 6.67 Å².